The minimum atomic E-state index is -0.170. The maximum Gasteiger partial charge on any atom is 0.107 e. The first kappa shape index (κ1) is 5.66. The van der Waals surface area contributed by atoms with Gasteiger partial charge in [-0.25, -0.2) is 0 Å². The van der Waals surface area contributed by atoms with E-state index in [4.69, 9.17) is 10.2 Å². The van der Waals surface area contributed by atoms with Crippen LogP contribution in [0.1, 0.15) is 0 Å². The predicted molar refractivity (Wildman–Crippen MR) is 22.5 cm³/mol. The van der Waals surface area contributed by atoms with Crippen molar-refractivity contribution in [2.24, 2.45) is 0 Å². The van der Waals surface area contributed by atoms with Gasteiger partial charge in [-0.15, -0.1) is 0 Å². The summed E-state index contributed by atoms with van der Waals surface area (Å²) in [6.07, 6.45) is 0. The molecule has 0 amide bonds. The molecule has 0 unspecified atom stereocenters. The van der Waals surface area contributed by atoms with Crippen molar-refractivity contribution in [2.75, 3.05) is 6.61 Å². The summed E-state index contributed by atoms with van der Waals surface area (Å²) >= 11 is 0. The van der Waals surface area contributed by atoms with Crippen LogP contribution in [-0.2, 0) is 0 Å². The molecular formula is C4H7O2. The van der Waals surface area contributed by atoms with Crippen LogP contribution >= 0.6 is 0 Å². The molecule has 0 aliphatic carbocycles. The van der Waals surface area contributed by atoms with Crippen LogP contribution in [0.4, 0.5) is 0 Å². The second-order valence-electron chi connectivity index (χ2n) is 0.945. The Morgan fingerprint density at radius 3 is 2.33 bits per heavy atom. The van der Waals surface area contributed by atoms with Crippen LogP contribution in [-0.4, -0.2) is 16.8 Å². The lowest BCUT2D eigenvalue weighted by molar-refractivity contribution is 0.311. The van der Waals surface area contributed by atoms with E-state index < -0.39 is 0 Å². The summed E-state index contributed by atoms with van der Waals surface area (Å²) in [5, 5.41) is 16.0. The molecule has 0 bridgehead atoms. The van der Waals surface area contributed by atoms with Crippen LogP contribution < -0.4 is 0 Å². The van der Waals surface area contributed by atoms with Crippen molar-refractivity contribution < 1.29 is 10.2 Å². The molecule has 0 aromatic heterocycles. The normalized spacial score (nSPS) is 8.33. The van der Waals surface area contributed by atoms with E-state index in [0.717, 1.165) is 6.61 Å². The van der Waals surface area contributed by atoms with Crippen LogP contribution in [0.3, 0.4) is 0 Å². The van der Waals surface area contributed by atoms with Gasteiger partial charge < -0.3 is 10.2 Å². The molecule has 0 aromatic rings. The van der Waals surface area contributed by atoms with Gasteiger partial charge in [0.1, 0.15) is 6.61 Å². The van der Waals surface area contributed by atoms with Crippen LogP contribution in [0.5, 0.6) is 0 Å². The first-order chi connectivity index (χ1) is 2.81. The largest absolute Gasteiger partial charge is 0.392 e. The molecule has 6 heavy (non-hydrogen) atoms. The average Bonchev–Trinajstić information content (AvgIpc) is 1.65. The highest BCUT2D eigenvalue weighted by Crippen LogP contribution is 1.85. The summed E-state index contributed by atoms with van der Waals surface area (Å²) in [6, 6.07) is 0. The Balaban J connectivity index is 2.99. The second-order valence-corrected chi connectivity index (χ2v) is 0.945. The highest BCUT2D eigenvalue weighted by atomic mass is 16.3. The van der Waals surface area contributed by atoms with Gasteiger partial charge in [0.05, 0.1) is 6.61 Å². The lowest BCUT2D eigenvalue weighted by Gasteiger charge is -1.87. The summed E-state index contributed by atoms with van der Waals surface area (Å²) in [4.78, 5) is 0. The first-order valence-corrected chi connectivity index (χ1v) is 1.57. The van der Waals surface area contributed by atoms with E-state index in [9.17, 15) is 0 Å². The molecule has 2 heteroatoms. The lowest BCUT2D eigenvalue weighted by Crippen LogP contribution is -1.85. The average molecular weight is 87.1 g/mol. The van der Waals surface area contributed by atoms with Crippen LogP contribution in [0.15, 0.2) is 12.2 Å². The summed E-state index contributed by atoms with van der Waals surface area (Å²) in [5.74, 6) is 0. The maximum atomic E-state index is 8.04. The Morgan fingerprint density at radius 1 is 1.83 bits per heavy atom. The fraction of sp³-hybridized carbons (Fsp3) is 0.250. The summed E-state index contributed by atoms with van der Waals surface area (Å²) in [7, 11) is 0. The minimum absolute atomic E-state index is 0.170. The number of hydrogen-bond acceptors (Lipinski definition) is 2. The summed E-state index contributed by atoms with van der Waals surface area (Å²) in [5.41, 5.74) is 0.329. The topological polar surface area (TPSA) is 40.5 Å². The third kappa shape index (κ3) is 1.93. The molecule has 0 aromatic carbocycles. The molecule has 0 spiro atoms. The Hall–Kier alpha value is -0.340. The molecule has 0 heterocycles. The fourth-order valence-electron chi connectivity index (χ4n) is 0.0408. The number of aliphatic hydroxyl groups is 2. The molecule has 0 aliphatic rings. The molecule has 2 N–H and O–H groups in total. The van der Waals surface area contributed by atoms with Gasteiger partial charge in [0, 0.05) is 0 Å². The second kappa shape index (κ2) is 2.87. The van der Waals surface area contributed by atoms with Gasteiger partial charge in [0.2, 0.25) is 0 Å². The third-order valence-corrected chi connectivity index (χ3v) is 0.386. The van der Waals surface area contributed by atoms with Gasteiger partial charge in [-0.05, 0) is 5.57 Å². The number of aliphatic hydroxyl groups excluding tert-OH is 2. The number of hydrogen-bond donors (Lipinski definition) is 2. The fourth-order valence-corrected chi connectivity index (χ4v) is 0.0408. The van der Waals surface area contributed by atoms with Gasteiger partial charge >= 0.3 is 0 Å². The van der Waals surface area contributed by atoms with E-state index in [1.807, 2.05) is 0 Å². The van der Waals surface area contributed by atoms with Gasteiger partial charge in [0.25, 0.3) is 0 Å². The quantitative estimate of drug-likeness (QED) is 0.500. The summed E-state index contributed by atoms with van der Waals surface area (Å²) in [6.45, 7) is 3.84. The van der Waals surface area contributed by atoms with Crippen molar-refractivity contribution in [2.45, 2.75) is 0 Å². The van der Waals surface area contributed by atoms with Gasteiger partial charge in [-0.2, -0.15) is 0 Å². The van der Waals surface area contributed by atoms with Crippen molar-refractivity contribution >= 4 is 0 Å². The Labute approximate surface area is 36.7 Å². The Kier molecular flexibility index (Phi) is 2.71. The lowest BCUT2D eigenvalue weighted by atomic mass is 10.4. The van der Waals surface area contributed by atoms with E-state index >= 15 is 0 Å². The Morgan fingerprint density at radius 2 is 2.33 bits per heavy atom. The molecule has 0 atom stereocenters. The zero-order chi connectivity index (χ0) is 4.99. The van der Waals surface area contributed by atoms with Gasteiger partial charge in [0.15, 0.2) is 0 Å². The molecule has 0 rings (SSSR count). The van der Waals surface area contributed by atoms with Crippen molar-refractivity contribution in [1.82, 2.24) is 0 Å². The highest BCUT2D eigenvalue weighted by molar-refractivity contribution is 5.00. The van der Waals surface area contributed by atoms with E-state index in [1.165, 1.54) is 0 Å². The molecule has 1 radical (unpaired) electrons. The first-order valence-electron chi connectivity index (χ1n) is 1.57. The van der Waals surface area contributed by atoms with Crippen molar-refractivity contribution in [3.63, 3.8) is 0 Å². The number of rotatable bonds is 2. The molecule has 35 valence electrons. The minimum Gasteiger partial charge on any atom is -0.392 e. The van der Waals surface area contributed by atoms with E-state index in [0.29, 0.717) is 5.57 Å². The van der Waals surface area contributed by atoms with E-state index in [1.54, 1.807) is 0 Å². The van der Waals surface area contributed by atoms with Gasteiger partial charge in [-0.3, -0.25) is 0 Å². The Bertz CT molecular complexity index is 43.5. The molecule has 0 aliphatic heterocycles. The van der Waals surface area contributed by atoms with E-state index in [2.05, 4.69) is 6.58 Å². The van der Waals surface area contributed by atoms with Crippen molar-refractivity contribution in [3.05, 3.63) is 18.8 Å². The molecule has 0 saturated carbocycles. The molecular weight excluding hydrogens is 80.0 g/mol. The summed E-state index contributed by atoms with van der Waals surface area (Å²) < 4.78 is 0. The SMILES string of the molecule is C=C([CH]O)CO. The maximum absolute atomic E-state index is 8.04. The zero-order valence-electron chi connectivity index (χ0n) is 3.39. The smallest absolute Gasteiger partial charge is 0.107 e. The predicted octanol–water partition coefficient (Wildman–Crippen LogP) is 0.0692. The standard InChI is InChI=1S/C4H7O2/c1-4(2-5)3-6/h2,5-6H,1,3H2. The van der Waals surface area contributed by atoms with E-state index in [-0.39, 0.29) is 6.61 Å². The van der Waals surface area contributed by atoms with Crippen LogP contribution in [0.2, 0.25) is 0 Å². The zero-order valence-corrected chi connectivity index (χ0v) is 3.39. The molecule has 2 nitrogen and oxygen atoms in total. The van der Waals surface area contributed by atoms with Gasteiger partial charge in [-0.1, -0.05) is 6.58 Å². The molecule has 0 fully saturated rings. The van der Waals surface area contributed by atoms with Crippen molar-refractivity contribution in [1.29, 1.82) is 0 Å². The monoisotopic (exact) mass is 87.0 g/mol. The van der Waals surface area contributed by atoms with Crippen LogP contribution in [0.25, 0.3) is 0 Å². The van der Waals surface area contributed by atoms with Crippen LogP contribution in [0, 0.1) is 6.61 Å². The van der Waals surface area contributed by atoms with Crippen molar-refractivity contribution in [3.8, 4) is 0 Å². The highest BCUT2D eigenvalue weighted by Gasteiger charge is 1.82. The molecule has 0 saturated heterocycles. The third-order valence-electron chi connectivity index (χ3n) is 0.386.